The molecule has 2 aromatic rings. The van der Waals surface area contributed by atoms with Gasteiger partial charge in [-0.05, 0) is 18.2 Å². The lowest BCUT2D eigenvalue weighted by molar-refractivity contribution is 0.275. The minimum atomic E-state index is -0.504. The van der Waals surface area contributed by atoms with E-state index in [1.165, 1.54) is 18.2 Å². The Bertz CT molecular complexity index is 534. The molecule has 0 saturated carbocycles. The number of aromatic nitrogens is 1. The van der Waals surface area contributed by atoms with Crippen molar-refractivity contribution in [1.29, 1.82) is 0 Å². The minimum Gasteiger partial charge on any atom is -0.439 e. The third-order valence-electron chi connectivity index (χ3n) is 2.06. The molecular weight excluding hydrogens is 245 g/mol. The fraction of sp³-hybridized carbons (Fsp3) is 0.0833. The van der Waals surface area contributed by atoms with Crippen molar-refractivity contribution in [2.24, 2.45) is 0 Å². The van der Waals surface area contributed by atoms with Gasteiger partial charge in [0, 0.05) is 12.1 Å². The Hall–Kier alpha value is -1.65. The lowest BCUT2D eigenvalue weighted by Crippen LogP contribution is -1.93. The summed E-state index contributed by atoms with van der Waals surface area (Å²) in [4.78, 5) is 4.03. The van der Waals surface area contributed by atoms with E-state index in [0.717, 1.165) is 0 Å². The van der Waals surface area contributed by atoms with E-state index in [1.807, 2.05) is 0 Å². The van der Waals surface area contributed by atoms with Crippen LogP contribution in [0.4, 0.5) is 4.39 Å². The van der Waals surface area contributed by atoms with Crippen molar-refractivity contribution >= 4 is 11.6 Å². The average molecular weight is 254 g/mol. The predicted octanol–water partition coefficient (Wildman–Crippen LogP) is 3.16. The van der Waals surface area contributed by atoms with Crippen LogP contribution in [-0.2, 0) is 6.61 Å². The van der Waals surface area contributed by atoms with E-state index in [-0.39, 0.29) is 11.6 Å². The first-order valence-electron chi connectivity index (χ1n) is 4.89. The van der Waals surface area contributed by atoms with E-state index < -0.39 is 5.82 Å². The third-order valence-corrected chi connectivity index (χ3v) is 2.35. The largest absolute Gasteiger partial charge is 0.439 e. The second-order valence-corrected chi connectivity index (χ2v) is 3.71. The number of hydrogen-bond acceptors (Lipinski definition) is 3. The first-order chi connectivity index (χ1) is 8.19. The molecule has 1 heterocycles. The van der Waals surface area contributed by atoms with Gasteiger partial charge in [-0.2, -0.15) is 0 Å². The lowest BCUT2D eigenvalue weighted by atomic mass is 10.3. The quantitative estimate of drug-likeness (QED) is 0.914. The van der Waals surface area contributed by atoms with Gasteiger partial charge in [-0.3, -0.25) is 0 Å². The van der Waals surface area contributed by atoms with Gasteiger partial charge >= 0.3 is 0 Å². The number of rotatable bonds is 3. The minimum absolute atomic E-state index is 0.0131. The number of halogens is 2. The standard InChI is InChI=1S/C12H9ClFNO2/c13-10-6-9(4-5-11(10)14)17-12-3-1-2-8(7-16)15-12/h1-6,16H,7H2. The highest BCUT2D eigenvalue weighted by molar-refractivity contribution is 6.30. The Morgan fingerprint density at radius 3 is 2.82 bits per heavy atom. The van der Waals surface area contributed by atoms with Crippen LogP contribution >= 0.6 is 11.6 Å². The summed E-state index contributed by atoms with van der Waals surface area (Å²) in [6, 6.07) is 9.05. The highest BCUT2D eigenvalue weighted by Gasteiger charge is 2.04. The normalized spacial score (nSPS) is 10.3. The smallest absolute Gasteiger partial charge is 0.219 e. The fourth-order valence-corrected chi connectivity index (χ4v) is 1.43. The molecule has 0 saturated heterocycles. The highest BCUT2D eigenvalue weighted by atomic mass is 35.5. The number of aliphatic hydroxyl groups is 1. The van der Waals surface area contributed by atoms with Crippen molar-refractivity contribution in [3.63, 3.8) is 0 Å². The Morgan fingerprint density at radius 1 is 1.29 bits per heavy atom. The van der Waals surface area contributed by atoms with Gasteiger partial charge in [0.25, 0.3) is 0 Å². The summed E-state index contributed by atoms with van der Waals surface area (Å²) in [7, 11) is 0. The van der Waals surface area contributed by atoms with Gasteiger partial charge in [-0.25, -0.2) is 9.37 Å². The molecule has 0 spiro atoms. The van der Waals surface area contributed by atoms with Gasteiger partial charge in [0.05, 0.1) is 17.3 Å². The van der Waals surface area contributed by atoms with E-state index in [4.69, 9.17) is 21.4 Å². The number of hydrogen-bond donors (Lipinski definition) is 1. The van der Waals surface area contributed by atoms with E-state index in [0.29, 0.717) is 17.3 Å². The highest BCUT2D eigenvalue weighted by Crippen LogP contribution is 2.25. The summed E-state index contributed by atoms with van der Waals surface area (Å²) in [6.07, 6.45) is 0. The number of pyridine rings is 1. The van der Waals surface area contributed by atoms with E-state index in [2.05, 4.69) is 4.98 Å². The summed E-state index contributed by atoms with van der Waals surface area (Å²) in [5.41, 5.74) is 0.496. The maximum atomic E-state index is 12.9. The second-order valence-electron chi connectivity index (χ2n) is 3.30. The van der Waals surface area contributed by atoms with Gasteiger partial charge in [-0.1, -0.05) is 17.7 Å². The summed E-state index contributed by atoms with van der Waals surface area (Å²) in [6.45, 7) is -0.165. The zero-order chi connectivity index (χ0) is 12.3. The molecule has 0 unspecified atom stereocenters. The molecule has 0 aliphatic heterocycles. The predicted molar refractivity (Wildman–Crippen MR) is 61.6 cm³/mol. The van der Waals surface area contributed by atoms with Gasteiger partial charge in [0.1, 0.15) is 11.6 Å². The topological polar surface area (TPSA) is 42.4 Å². The molecule has 17 heavy (non-hydrogen) atoms. The number of aliphatic hydroxyl groups excluding tert-OH is 1. The summed E-state index contributed by atoms with van der Waals surface area (Å²) < 4.78 is 18.3. The third kappa shape index (κ3) is 2.93. The SMILES string of the molecule is OCc1cccc(Oc2ccc(F)c(Cl)c2)n1. The maximum absolute atomic E-state index is 12.9. The van der Waals surface area contributed by atoms with Crippen molar-refractivity contribution in [2.75, 3.05) is 0 Å². The molecular formula is C12H9ClFNO2. The van der Waals surface area contributed by atoms with Gasteiger partial charge < -0.3 is 9.84 Å². The molecule has 3 nitrogen and oxygen atoms in total. The van der Waals surface area contributed by atoms with E-state index in [9.17, 15) is 4.39 Å². The van der Waals surface area contributed by atoms with Crippen LogP contribution in [0.2, 0.25) is 5.02 Å². The molecule has 1 N–H and O–H groups in total. The van der Waals surface area contributed by atoms with Crippen molar-refractivity contribution < 1.29 is 14.2 Å². The van der Waals surface area contributed by atoms with Crippen molar-refractivity contribution in [3.05, 3.63) is 52.9 Å². The summed E-state index contributed by atoms with van der Waals surface area (Å²) >= 11 is 5.62. The Balaban J connectivity index is 2.22. The van der Waals surface area contributed by atoms with Crippen LogP contribution in [0.25, 0.3) is 0 Å². The van der Waals surface area contributed by atoms with Gasteiger partial charge in [-0.15, -0.1) is 0 Å². The monoisotopic (exact) mass is 253 g/mol. The zero-order valence-electron chi connectivity index (χ0n) is 8.73. The van der Waals surface area contributed by atoms with Crippen LogP contribution < -0.4 is 4.74 Å². The lowest BCUT2D eigenvalue weighted by Gasteiger charge is -2.06. The molecule has 0 aliphatic rings. The van der Waals surface area contributed by atoms with Crippen LogP contribution in [0.3, 0.4) is 0 Å². The van der Waals surface area contributed by atoms with Crippen LogP contribution in [-0.4, -0.2) is 10.1 Å². The first-order valence-corrected chi connectivity index (χ1v) is 5.26. The zero-order valence-corrected chi connectivity index (χ0v) is 9.49. The summed E-state index contributed by atoms with van der Waals surface area (Å²) in [5, 5.41) is 8.91. The van der Waals surface area contributed by atoms with Crippen LogP contribution in [0.5, 0.6) is 11.6 Å². The van der Waals surface area contributed by atoms with Gasteiger partial charge in [0.15, 0.2) is 0 Å². The molecule has 0 bridgehead atoms. The number of ether oxygens (including phenoxy) is 1. The molecule has 5 heteroatoms. The number of benzene rings is 1. The average Bonchev–Trinajstić information content (AvgIpc) is 2.34. The Morgan fingerprint density at radius 2 is 2.12 bits per heavy atom. The Labute approximate surface area is 102 Å². The second kappa shape index (κ2) is 5.12. The van der Waals surface area contributed by atoms with Gasteiger partial charge in [0.2, 0.25) is 5.88 Å². The van der Waals surface area contributed by atoms with Crippen molar-refractivity contribution in [2.45, 2.75) is 6.61 Å². The molecule has 0 amide bonds. The van der Waals surface area contributed by atoms with Crippen LogP contribution in [0, 0.1) is 5.82 Å². The maximum Gasteiger partial charge on any atom is 0.219 e. The summed E-state index contributed by atoms with van der Waals surface area (Å²) in [5.74, 6) is 0.203. The molecule has 0 aliphatic carbocycles. The fourth-order valence-electron chi connectivity index (χ4n) is 1.26. The van der Waals surface area contributed by atoms with Crippen LogP contribution in [0.1, 0.15) is 5.69 Å². The first kappa shape index (κ1) is 11.8. The molecule has 0 fully saturated rings. The Kier molecular flexibility index (Phi) is 3.56. The van der Waals surface area contributed by atoms with Crippen molar-refractivity contribution in [3.8, 4) is 11.6 Å². The molecule has 1 aromatic carbocycles. The molecule has 1 aromatic heterocycles. The van der Waals surface area contributed by atoms with E-state index >= 15 is 0 Å². The number of nitrogens with zero attached hydrogens (tertiary/aromatic N) is 1. The van der Waals surface area contributed by atoms with Crippen molar-refractivity contribution in [1.82, 2.24) is 4.98 Å². The van der Waals surface area contributed by atoms with Crippen LogP contribution in [0.15, 0.2) is 36.4 Å². The molecule has 88 valence electrons. The molecule has 2 rings (SSSR count). The van der Waals surface area contributed by atoms with E-state index in [1.54, 1.807) is 18.2 Å². The molecule has 0 atom stereocenters. The molecule has 0 radical (unpaired) electrons.